The summed E-state index contributed by atoms with van der Waals surface area (Å²) < 4.78 is 11.2. The van der Waals surface area contributed by atoms with Gasteiger partial charge < -0.3 is 19.3 Å². The maximum atomic E-state index is 13.0. The number of aryl methyl sites for hydroxylation is 1. The highest BCUT2D eigenvalue weighted by molar-refractivity contribution is 6.00. The van der Waals surface area contributed by atoms with Crippen LogP contribution in [-0.4, -0.2) is 43.5 Å². The van der Waals surface area contributed by atoms with Crippen LogP contribution in [0.5, 0.6) is 11.5 Å². The lowest BCUT2D eigenvalue weighted by Crippen LogP contribution is -2.34. The molecule has 0 aromatic heterocycles. The van der Waals surface area contributed by atoms with Crippen molar-refractivity contribution >= 4 is 17.5 Å². The van der Waals surface area contributed by atoms with Crippen LogP contribution in [0.25, 0.3) is 0 Å². The first-order valence-electron chi connectivity index (χ1n) is 9.94. The number of hydrogen-bond acceptors (Lipinski definition) is 4. The molecule has 2 aromatic rings. The summed E-state index contributed by atoms with van der Waals surface area (Å²) in [6.45, 7) is 6.02. The van der Waals surface area contributed by atoms with Crippen molar-refractivity contribution in [3.63, 3.8) is 0 Å². The van der Waals surface area contributed by atoms with Crippen LogP contribution in [0.4, 0.5) is 5.69 Å². The van der Waals surface area contributed by atoms with Gasteiger partial charge in [-0.1, -0.05) is 18.2 Å². The van der Waals surface area contributed by atoms with Gasteiger partial charge in [0.2, 0.25) is 11.8 Å². The van der Waals surface area contributed by atoms with Crippen LogP contribution >= 0.6 is 0 Å². The quantitative estimate of drug-likeness (QED) is 0.800. The van der Waals surface area contributed by atoms with Gasteiger partial charge >= 0.3 is 0 Å². The number of fused-ring (bicyclic) bond motifs is 1. The molecule has 1 fully saturated rings. The van der Waals surface area contributed by atoms with Crippen molar-refractivity contribution < 1.29 is 19.1 Å². The van der Waals surface area contributed by atoms with Gasteiger partial charge in [-0.3, -0.25) is 9.59 Å². The smallest absolute Gasteiger partial charge is 0.228 e. The molecule has 2 aromatic carbocycles. The first-order valence-corrected chi connectivity index (χ1v) is 9.94. The molecule has 2 amide bonds. The monoisotopic (exact) mass is 394 g/mol. The number of carbonyl (C=O) groups excluding carboxylic acids is 2. The minimum atomic E-state index is -0.329. The molecular weight excluding hydrogens is 368 g/mol. The molecule has 29 heavy (non-hydrogen) atoms. The van der Waals surface area contributed by atoms with Crippen molar-refractivity contribution in [2.75, 3.05) is 31.7 Å². The summed E-state index contributed by atoms with van der Waals surface area (Å²) in [5.41, 5.74) is 4.10. The van der Waals surface area contributed by atoms with Crippen molar-refractivity contribution in [3.8, 4) is 11.5 Å². The number of rotatable bonds is 4. The second-order valence-electron chi connectivity index (χ2n) is 7.80. The fourth-order valence-corrected chi connectivity index (χ4v) is 3.98. The van der Waals surface area contributed by atoms with E-state index in [2.05, 4.69) is 0 Å². The first kappa shape index (κ1) is 19.3. The van der Waals surface area contributed by atoms with E-state index in [0.29, 0.717) is 32.1 Å². The SMILES string of the molecule is Cc1cccc(N2CC(C(=O)N(C)Cc3ccc4c(c3)OCCO4)CC2=O)c1C. The van der Waals surface area contributed by atoms with Gasteiger partial charge in [0.1, 0.15) is 13.2 Å². The van der Waals surface area contributed by atoms with Gasteiger partial charge in [0.05, 0.1) is 5.92 Å². The van der Waals surface area contributed by atoms with E-state index >= 15 is 0 Å². The summed E-state index contributed by atoms with van der Waals surface area (Å²) in [6, 6.07) is 11.7. The number of benzene rings is 2. The summed E-state index contributed by atoms with van der Waals surface area (Å²) in [4.78, 5) is 29.1. The van der Waals surface area contributed by atoms with E-state index < -0.39 is 0 Å². The third-order valence-electron chi connectivity index (χ3n) is 5.74. The van der Waals surface area contributed by atoms with Crippen molar-refractivity contribution in [2.24, 2.45) is 5.92 Å². The molecule has 0 spiro atoms. The molecule has 0 N–H and O–H groups in total. The highest BCUT2D eigenvalue weighted by Gasteiger charge is 2.37. The predicted molar refractivity (Wildman–Crippen MR) is 110 cm³/mol. The molecule has 6 nitrogen and oxygen atoms in total. The lowest BCUT2D eigenvalue weighted by Gasteiger charge is -2.24. The van der Waals surface area contributed by atoms with E-state index in [-0.39, 0.29) is 24.2 Å². The Morgan fingerprint density at radius 3 is 2.69 bits per heavy atom. The number of amides is 2. The number of nitrogens with zero attached hydrogens (tertiary/aromatic N) is 2. The van der Waals surface area contributed by atoms with Gasteiger partial charge in [-0.15, -0.1) is 0 Å². The Morgan fingerprint density at radius 2 is 1.90 bits per heavy atom. The second-order valence-corrected chi connectivity index (χ2v) is 7.80. The lowest BCUT2D eigenvalue weighted by molar-refractivity contribution is -0.135. The standard InChI is InChI=1S/C23H26N2O4/c1-15-5-4-6-19(16(15)2)25-14-18(12-22(25)26)23(27)24(3)13-17-7-8-20-21(11-17)29-10-9-28-20/h4-8,11,18H,9-10,12-14H2,1-3H3. The van der Waals surface area contributed by atoms with Crippen LogP contribution in [0.3, 0.4) is 0 Å². The zero-order chi connectivity index (χ0) is 20.5. The molecule has 1 atom stereocenters. The predicted octanol–water partition coefficient (Wildman–Crippen LogP) is 3.09. The summed E-state index contributed by atoms with van der Waals surface area (Å²) in [7, 11) is 1.78. The van der Waals surface area contributed by atoms with Gasteiger partial charge in [-0.25, -0.2) is 0 Å². The lowest BCUT2D eigenvalue weighted by atomic mass is 10.1. The molecule has 2 aliphatic rings. The maximum absolute atomic E-state index is 13.0. The minimum absolute atomic E-state index is 0.00443. The third kappa shape index (κ3) is 3.79. The number of hydrogen-bond donors (Lipinski definition) is 0. The van der Waals surface area contributed by atoms with Crippen LogP contribution in [0.1, 0.15) is 23.1 Å². The molecule has 152 valence electrons. The van der Waals surface area contributed by atoms with Crippen LogP contribution in [0.15, 0.2) is 36.4 Å². The van der Waals surface area contributed by atoms with Gasteiger partial charge in [0.15, 0.2) is 11.5 Å². The van der Waals surface area contributed by atoms with Crippen LogP contribution in [0.2, 0.25) is 0 Å². The van der Waals surface area contributed by atoms with Crippen molar-refractivity contribution in [2.45, 2.75) is 26.8 Å². The zero-order valence-electron chi connectivity index (χ0n) is 17.1. The first-order chi connectivity index (χ1) is 13.9. The van der Waals surface area contributed by atoms with Crippen LogP contribution < -0.4 is 14.4 Å². The molecule has 0 saturated carbocycles. The molecule has 1 saturated heterocycles. The number of carbonyl (C=O) groups is 2. The van der Waals surface area contributed by atoms with Gasteiger partial charge in [-0.2, -0.15) is 0 Å². The van der Waals surface area contributed by atoms with Gasteiger partial charge in [-0.05, 0) is 48.7 Å². The molecule has 0 radical (unpaired) electrons. The van der Waals surface area contributed by atoms with E-state index in [1.165, 1.54) is 0 Å². The molecule has 0 aliphatic carbocycles. The van der Waals surface area contributed by atoms with E-state index in [1.54, 1.807) is 16.8 Å². The molecule has 2 aliphatic heterocycles. The highest BCUT2D eigenvalue weighted by Crippen LogP contribution is 2.32. The molecule has 0 bridgehead atoms. The summed E-state index contributed by atoms with van der Waals surface area (Å²) >= 11 is 0. The molecule has 1 unspecified atom stereocenters. The molecule has 4 rings (SSSR count). The zero-order valence-corrected chi connectivity index (χ0v) is 17.1. The van der Waals surface area contributed by atoms with Crippen molar-refractivity contribution in [1.29, 1.82) is 0 Å². The number of ether oxygens (including phenoxy) is 2. The van der Waals surface area contributed by atoms with E-state index in [9.17, 15) is 9.59 Å². The summed E-state index contributed by atoms with van der Waals surface area (Å²) in [5, 5.41) is 0. The van der Waals surface area contributed by atoms with E-state index in [1.807, 2.05) is 50.2 Å². The summed E-state index contributed by atoms with van der Waals surface area (Å²) in [5.74, 6) is 1.11. The Bertz CT molecular complexity index is 956. The molecule has 6 heteroatoms. The van der Waals surface area contributed by atoms with Crippen LogP contribution in [0, 0.1) is 19.8 Å². The third-order valence-corrected chi connectivity index (χ3v) is 5.74. The van der Waals surface area contributed by atoms with E-state index in [0.717, 1.165) is 28.1 Å². The van der Waals surface area contributed by atoms with Gasteiger partial charge in [0.25, 0.3) is 0 Å². The normalized spacial score (nSPS) is 18.1. The Morgan fingerprint density at radius 1 is 1.14 bits per heavy atom. The Labute approximate surface area is 171 Å². The Kier molecular flexibility index (Phi) is 5.18. The van der Waals surface area contributed by atoms with Crippen LogP contribution in [-0.2, 0) is 16.1 Å². The Hall–Kier alpha value is -3.02. The van der Waals surface area contributed by atoms with Crippen molar-refractivity contribution in [3.05, 3.63) is 53.1 Å². The fraction of sp³-hybridized carbons (Fsp3) is 0.391. The highest BCUT2D eigenvalue weighted by atomic mass is 16.6. The number of anilines is 1. The fourth-order valence-electron chi connectivity index (χ4n) is 3.98. The Balaban J connectivity index is 1.44. The summed E-state index contributed by atoms with van der Waals surface area (Å²) in [6.07, 6.45) is 0.248. The van der Waals surface area contributed by atoms with Gasteiger partial charge in [0, 0.05) is 32.2 Å². The largest absolute Gasteiger partial charge is 0.486 e. The minimum Gasteiger partial charge on any atom is -0.486 e. The maximum Gasteiger partial charge on any atom is 0.228 e. The molecular formula is C23H26N2O4. The average molecular weight is 394 g/mol. The van der Waals surface area contributed by atoms with Crippen molar-refractivity contribution in [1.82, 2.24) is 4.90 Å². The topological polar surface area (TPSA) is 59.1 Å². The van der Waals surface area contributed by atoms with E-state index in [4.69, 9.17) is 9.47 Å². The average Bonchev–Trinajstić information content (AvgIpc) is 3.10. The molecule has 2 heterocycles. The second kappa shape index (κ2) is 7.78.